The van der Waals surface area contributed by atoms with E-state index in [-0.39, 0.29) is 0 Å². The van der Waals surface area contributed by atoms with E-state index in [1.807, 2.05) is 24.3 Å². The molecule has 1 aromatic carbocycles. The summed E-state index contributed by atoms with van der Waals surface area (Å²) in [6, 6.07) is 7.61. The van der Waals surface area contributed by atoms with Gasteiger partial charge in [0.25, 0.3) is 0 Å². The molecule has 0 radical (unpaired) electrons. The molecule has 1 aliphatic heterocycles. The molecule has 11 heavy (non-hydrogen) atoms. The fourth-order valence-electron chi connectivity index (χ4n) is 1.14. The molecule has 0 spiro atoms. The highest BCUT2D eigenvalue weighted by molar-refractivity contribution is 5.75. The average Bonchev–Trinajstić information content (AvgIpc) is 2.47. The molecule has 0 N–H and O–H groups in total. The SMILES string of the molecule is O=CN1OCc2ccccc21. The van der Waals surface area contributed by atoms with Crippen molar-refractivity contribution in [3.05, 3.63) is 29.8 Å². The molecule has 1 heterocycles. The Morgan fingerprint density at radius 3 is 3.09 bits per heavy atom. The Morgan fingerprint density at radius 1 is 1.45 bits per heavy atom. The average molecular weight is 149 g/mol. The first-order chi connectivity index (χ1) is 5.42. The lowest BCUT2D eigenvalue weighted by molar-refractivity contribution is -0.113. The van der Waals surface area contributed by atoms with Crippen LogP contribution in [0.2, 0.25) is 0 Å². The maximum atomic E-state index is 10.4. The van der Waals surface area contributed by atoms with Crippen molar-refractivity contribution in [3.63, 3.8) is 0 Å². The van der Waals surface area contributed by atoms with Gasteiger partial charge in [0.05, 0.1) is 5.69 Å². The van der Waals surface area contributed by atoms with Gasteiger partial charge in [-0.3, -0.25) is 9.63 Å². The maximum absolute atomic E-state index is 10.4. The topological polar surface area (TPSA) is 29.5 Å². The largest absolute Gasteiger partial charge is 0.276 e. The molecule has 56 valence electrons. The van der Waals surface area contributed by atoms with Crippen LogP contribution in [0.4, 0.5) is 5.69 Å². The van der Waals surface area contributed by atoms with Gasteiger partial charge in [-0.2, -0.15) is 5.06 Å². The summed E-state index contributed by atoms with van der Waals surface area (Å²) in [7, 11) is 0. The summed E-state index contributed by atoms with van der Waals surface area (Å²) in [6.45, 7) is 0.495. The summed E-state index contributed by atoms with van der Waals surface area (Å²) in [5.41, 5.74) is 1.90. The van der Waals surface area contributed by atoms with Crippen molar-refractivity contribution in [1.82, 2.24) is 0 Å². The van der Waals surface area contributed by atoms with Gasteiger partial charge >= 0.3 is 0 Å². The molecule has 3 heteroatoms. The van der Waals surface area contributed by atoms with Crippen molar-refractivity contribution in [2.75, 3.05) is 5.06 Å². The molecule has 2 rings (SSSR count). The number of rotatable bonds is 1. The Labute approximate surface area is 64.1 Å². The van der Waals surface area contributed by atoms with Crippen LogP contribution in [0.1, 0.15) is 5.56 Å². The predicted molar refractivity (Wildman–Crippen MR) is 39.8 cm³/mol. The quantitative estimate of drug-likeness (QED) is 0.559. The number of carbonyl (C=O) groups excluding carboxylic acids is 1. The number of carbonyl (C=O) groups is 1. The third-order valence-corrected chi connectivity index (χ3v) is 1.68. The second-order valence-corrected chi connectivity index (χ2v) is 2.33. The minimum absolute atomic E-state index is 0.495. The molecular weight excluding hydrogens is 142 g/mol. The number of nitrogens with zero attached hydrogens (tertiary/aromatic N) is 1. The molecular formula is C8H7NO2. The summed E-state index contributed by atoms with van der Waals surface area (Å²) < 4.78 is 0. The second-order valence-electron chi connectivity index (χ2n) is 2.33. The standard InChI is InChI=1S/C8H7NO2/c10-6-9-8-4-2-1-3-7(8)5-11-9/h1-4,6H,5H2. The minimum atomic E-state index is 0.495. The van der Waals surface area contributed by atoms with E-state index < -0.39 is 0 Å². The zero-order valence-corrected chi connectivity index (χ0v) is 5.86. The Morgan fingerprint density at radius 2 is 2.27 bits per heavy atom. The van der Waals surface area contributed by atoms with Gasteiger partial charge in [0.2, 0.25) is 6.41 Å². The third-order valence-electron chi connectivity index (χ3n) is 1.68. The van der Waals surface area contributed by atoms with Crippen molar-refractivity contribution >= 4 is 12.1 Å². The van der Waals surface area contributed by atoms with Gasteiger partial charge in [0, 0.05) is 5.56 Å². The molecule has 1 aliphatic rings. The van der Waals surface area contributed by atoms with Crippen LogP contribution in [0.15, 0.2) is 24.3 Å². The number of para-hydroxylation sites is 1. The maximum Gasteiger partial charge on any atom is 0.238 e. The van der Waals surface area contributed by atoms with E-state index in [4.69, 9.17) is 4.84 Å². The van der Waals surface area contributed by atoms with Crippen LogP contribution in [0.5, 0.6) is 0 Å². The molecule has 1 aromatic rings. The number of benzene rings is 1. The van der Waals surface area contributed by atoms with Gasteiger partial charge in [-0.1, -0.05) is 18.2 Å². The molecule has 0 aromatic heterocycles. The van der Waals surface area contributed by atoms with Crippen molar-refractivity contribution < 1.29 is 9.63 Å². The zero-order chi connectivity index (χ0) is 7.68. The van der Waals surface area contributed by atoms with Gasteiger partial charge in [-0.05, 0) is 6.07 Å². The second kappa shape index (κ2) is 2.36. The number of amides is 1. The van der Waals surface area contributed by atoms with Gasteiger partial charge in [-0.15, -0.1) is 0 Å². The highest BCUT2D eigenvalue weighted by Gasteiger charge is 2.17. The molecule has 0 atom stereocenters. The number of anilines is 1. The molecule has 0 aliphatic carbocycles. The third kappa shape index (κ3) is 0.897. The number of fused-ring (bicyclic) bond motifs is 1. The van der Waals surface area contributed by atoms with Gasteiger partial charge < -0.3 is 0 Å². The lowest BCUT2D eigenvalue weighted by atomic mass is 10.2. The summed E-state index contributed by atoms with van der Waals surface area (Å²) >= 11 is 0. The molecule has 0 saturated carbocycles. The van der Waals surface area contributed by atoms with Gasteiger partial charge in [0.1, 0.15) is 6.61 Å². The van der Waals surface area contributed by atoms with Crippen molar-refractivity contribution in [2.24, 2.45) is 0 Å². The van der Waals surface area contributed by atoms with E-state index in [2.05, 4.69) is 0 Å². The van der Waals surface area contributed by atoms with Crippen LogP contribution in [-0.2, 0) is 16.2 Å². The summed E-state index contributed by atoms with van der Waals surface area (Å²) in [4.78, 5) is 15.4. The van der Waals surface area contributed by atoms with Crippen molar-refractivity contribution in [1.29, 1.82) is 0 Å². The number of hydrogen-bond acceptors (Lipinski definition) is 2. The van der Waals surface area contributed by atoms with Crippen LogP contribution in [0.3, 0.4) is 0 Å². The predicted octanol–water partition coefficient (Wildman–Crippen LogP) is 1.09. The van der Waals surface area contributed by atoms with Crippen molar-refractivity contribution in [2.45, 2.75) is 6.61 Å². The molecule has 0 bridgehead atoms. The van der Waals surface area contributed by atoms with E-state index in [1.165, 1.54) is 5.06 Å². The van der Waals surface area contributed by atoms with E-state index in [0.717, 1.165) is 11.3 Å². The lowest BCUT2D eigenvalue weighted by Crippen LogP contribution is -2.14. The summed E-state index contributed by atoms with van der Waals surface area (Å²) in [6.07, 6.45) is 0.672. The first-order valence-electron chi connectivity index (χ1n) is 3.37. The monoisotopic (exact) mass is 149 g/mol. The summed E-state index contributed by atoms with van der Waals surface area (Å²) in [5, 5.41) is 1.25. The molecule has 0 unspecified atom stereocenters. The first kappa shape index (κ1) is 6.37. The van der Waals surface area contributed by atoms with E-state index in [9.17, 15) is 4.79 Å². The first-order valence-corrected chi connectivity index (χ1v) is 3.37. The molecule has 0 saturated heterocycles. The van der Waals surface area contributed by atoms with Crippen molar-refractivity contribution in [3.8, 4) is 0 Å². The van der Waals surface area contributed by atoms with Crippen LogP contribution in [-0.4, -0.2) is 6.41 Å². The van der Waals surface area contributed by atoms with Gasteiger partial charge in [-0.25, -0.2) is 0 Å². The number of hydrogen-bond donors (Lipinski definition) is 0. The van der Waals surface area contributed by atoms with E-state index >= 15 is 0 Å². The lowest BCUT2D eigenvalue weighted by Gasteiger charge is -2.06. The van der Waals surface area contributed by atoms with E-state index in [1.54, 1.807) is 0 Å². The van der Waals surface area contributed by atoms with Crippen LogP contribution >= 0.6 is 0 Å². The fourth-order valence-corrected chi connectivity index (χ4v) is 1.14. The van der Waals surface area contributed by atoms with Gasteiger partial charge in [0.15, 0.2) is 0 Å². The minimum Gasteiger partial charge on any atom is -0.276 e. The smallest absolute Gasteiger partial charge is 0.238 e. The highest BCUT2D eigenvalue weighted by Crippen LogP contribution is 2.26. The summed E-state index contributed by atoms with van der Waals surface area (Å²) in [5.74, 6) is 0. The highest BCUT2D eigenvalue weighted by atomic mass is 16.7. The Balaban J connectivity index is 2.46. The Hall–Kier alpha value is -1.35. The number of hydroxylamine groups is 1. The molecule has 1 amide bonds. The van der Waals surface area contributed by atoms with Crippen LogP contribution < -0.4 is 5.06 Å². The molecule has 0 fully saturated rings. The molecule has 3 nitrogen and oxygen atoms in total. The Kier molecular flexibility index (Phi) is 1.36. The Bertz CT molecular complexity index is 285. The normalized spacial score (nSPS) is 14.7. The van der Waals surface area contributed by atoms with Crippen LogP contribution in [0.25, 0.3) is 0 Å². The van der Waals surface area contributed by atoms with E-state index in [0.29, 0.717) is 13.0 Å². The van der Waals surface area contributed by atoms with Crippen LogP contribution in [0, 0.1) is 0 Å². The fraction of sp³-hybridized carbons (Fsp3) is 0.125. The zero-order valence-electron chi connectivity index (χ0n) is 5.86.